The molecule has 1 N–H and O–H groups in total. The quantitative estimate of drug-likeness (QED) is 0.883. The van der Waals surface area contributed by atoms with Crippen molar-refractivity contribution in [1.29, 1.82) is 0 Å². The Kier molecular flexibility index (Phi) is 4.36. The van der Waals surface area contributed by atoms with E-state index in [1.807, 2.05) is 18.3 Å². The van der Waals surface area contributed by atoms with Crippen LogP contribution in [0.3, 0.4) is 0 Å². The van der Waals surface area contributed by atoms with Gasteiger partial charge in [-0.25, -0.2) is 4.39 Å². The molecule has 3 rings (SSSR count). The van der Waals surface area contributed by atoms with E-state index < -0.39 is 5.82 Å². The standard InChI is InChI=1S/C16H16ClFN2O/c17-15-7-14(5-6-16(15)18)21-10-13-2-1-11(9-20-13)8-19-12-3-4-12/h1-2,5-7,9,12,19H,3-4,8,10H2. The molecular weight excluding hydrogens is 291 g/mol. The van der Waals surface area contributed by atoms with Gasteiger partial charge in [0.05, 0.1) is 10.7 Å². The van der Waals surface area contributed by atoms with Gasteiger partial charge in [-0.3, -0.25) is 4.98 Å². The van der Waals surface area contributed by atoms with Gasteiger partial charge in [-0.05, 0) is 36.6 Å². The molecule has 0 amide bonds. The summed E-state index contributed by atoms with van der Waals surface area (Å²) in [5, 5.41) is 3.50. The second kappa shape index (κ2) is 6.41. The minimum absolute atomic E-state index is 0.0574. The van der Waals surface area contributed by atoms with Crippen LogP contribution in [0.4, 0.5) is 4.39 Å². The number of hydrogen-bond acceptors (Lipinski definition) is 3. The summed E-state index contributed by atoms with van der Waals surface area (Å²) in [6, 6.07) is 8.97. The SMILES string of the molecule is Fc1ccc(OCc2ccc(CNC3CC3)cn2)cc1Cl. The van der Waals surface area contributed by atoms with E-state index >= 15 is 0 Å². The molecule has 21 heavy (non-hydrogen) atoms. The van der Waals surface area contributed by atoms with Gasteiger partial charge >= 0.3 is 0 Å². The summed E-state index contributed by atoms with van der Waals surface area (Å²) in [6.07, 6.45) is 4.41. The predicted molar refractivity (Wildman–Crippen MR) is 79.8 cm³/mol. The fourth-order valence-corrected chi connectivity index (χ4v) is 2.09. The lowest BCUT2D eigenvalue weighted by Crippen LogP contribution is -2.15. The minimum atomic E-state index is -0.449. The molecule has 0 spiro atoms. The molecule has 0 aliphatic heterocycles. The van der Waals surface area contributed by atoms with E-state index in [0.29, 0.717) is 18.4 Å². The molecule has 5 heteroatoms. The number of halogens is 2. The van der Waals surface area contributed by atoms with Gasteiger partial charge in [0.25, 0.3) is 0 Å². The molecule has 1 fully saturated rings. The maximum Gasteiger partial charge on any atom is 0.142 e. The van der Waals surface area contributed by atoms with Crippen LogP contribution >= 0.6 is 11.6 Å². The molecule has 0 saturated heterocycles. The Hall–Kier alpha value is -1.65. The third-order valence-corrected chi connectivity index (χ3v) is 3.63. The normalized spacial score (nSPS) is 14.2. The van der Waals surface area contributed by atoms with E-state index in [9.17, 15) is 4.39 Å². The van der Waals surface area contributed by atoms with Crippen molar-refractivity contribution in [2.45, 2.75) is 32.0 Å². The molecule has 0 atom stereocenters. The predicted octanol–water partition coefficient (Wildman–Crippen LogP) is 3.71. The van der Waals surface area contributed by atoms with Crippen LogP contribution in [0.15, 0.2) is 36.5 Å². The molecule has 110 valence electrons. The first kappa shape index (κ1) is 14.3. The summed E-state index contributed by atoms with van der Waals surface area (Å²) in [5.41, 5.74) is 1.99. The van der Waals surface area contributed by atoms with Crippen LogP contribution in [0, 0.1) is 5.82 Å². The van der Waals surface area contributed by atoms with Gasteiger partial charge in [-0.15, -0.1) is 0 Å². The molecule has 0 radical (unpaired) electrons. The zero-order valence-electron chi connectivity index (χ0n) is 11.5. The monoisotopic (exact) mass is 306 g/mol. The molecule has 0 bridgehead atoms. The number of aromatic nitrogens is 1. The Morgan fingerprint density at radius 1 is 1.29 bits per heavy atom. The Balaban J connectivity index is 1.53. The van der Waals surface area contributed by atoms with Crippen molar-refractivity contribution >= 4 is 11.6 Å². The number of pyridine rings is 1. The summed E-state index contributed by atoms with van der Waals surface area (Å²) in [5.74, 6) is 0.0809. The Bertz CT molecular complexity index is 614. The zero-order chi connectivity index (χ0) is 14.7. The first-order valence-electron chi connectivity index (χ1n) is 6.96. The maximum absolute atomic E-state index is 13.0. The van der Waals surface area contributed by atoms with Crippen molar-refractivity contribution in [3.8, 4) is 5.75 Å². The summed E-state index contributed by atoms with van der Waals surface area (Å²) < 4.78 is 18.6. The highest BCUT2D eigenvalue weighted by Crippen LogP contribution is 2.22. The fourth-order valence-electron chi connectivity index (χ4n) is 1.92. The maximum atomic E-state index is 13.0. The van der Waals surface area contributed by atoms with Crippen LogP contribution in [0.1, 0.15) is 24.1 Å². The highest BCUT2D eigenvalue weighted by molar-refractivity contribution is 6.30. The summed E-state index contributed by atoms with van der Waals surface area (Å²) in [6.45, 7) is 1.19. The topological polar surface area (TPSA) is 34.1 Å². The molecule has 0 unspecified atom stereocenters. The largest absolute Gasteiger partial charge is 0.487 e. The Morgan fingerprint density at radius 3 is 2.81 bits per heavy atom. The summed E-state index contributed by atoms with van der Waals surface area (Å²) >= 11 is 5.70. The zero-order valence-corrected chi connectivity index (χ0v) is 12.2. The van der Waals surface area contributed by atoms with E-state index in [1.54, 1.807) is 6.07 Å². The van der Waals surface area contributed by atoms with E-state index in [0.717, 1.165) is 17.8 Å². The number of hydrogen-bond donors (Lipinski definition) is 1. The van der Waals surface area contributed by atoms with Crippen molar-refractivity contribution in [3.63, 3.8) is 0 Å². The van der Waals surface area contributed by atoms with Gasteiger partial charge in [-0.1, -0.05) is 17.7 Å². The second-order valence-electron chi connectivity index (χ2n) is 5.18. The first-order chi connectivity index (χ1) is 10.2. The third-order valence-electron chi connectivity index (χ3n) is 3.34. The highest BCUT2D eigenvalue weighted by atomic mass is 35.5. The van der Waals surface area contributed by atoms with Gasteiger partial charge in [0, 0.05) is 24.8 Å². The smallest absolute Gasteiger partial charge is 0.142 e. The minimum Gasteiger partial charge on any atom is -0.487 e. The van der Waals surface area contributed by atoms with Crippen LogP contribution in [-0.4, -0.2) is 11.0 Å². The highest BCUT2D eigenvalue weighted by Gasteiger charge is 2.19. The molecule has 1 saturated carbocycles. The van der Waals surface area contributed by atoms with Crippen molar-refractivity contribution in [2.75, 3.05) is 0 Å². The van der Waals surface area contributed by atoms with Crippen LogP contribution < -0.4 is 10.1 Å². The van der Waals surface area contributed by atoms with E-state index in [1.165, 1.54) is 25.0 Å². The molecular formula is C16H16ClFN2O. The summed E-state index contributed by atoms with van der Waals surface area (Å²) in [4.78, 5) is 4.36. The van der Waals surface area contributed by atoms with Gasteiger partial charge in [0.15, 0.2) is 0 Å². The molecule has 2 aromatic rings. The van der Waals surface area contributed by atoms with Crippen molar-refractivity contribution in [1.82, 2.24) is 10.3 Å². The number of benzene rings is 1. The summed E-state index contributed by atoms with van der Waals surface area (Å²) in [7, 11) is 0. The van der Waals surface area contributed by atoms with Crippen LogP contribution in [-0.2, 0) is 13.2 Å². The number of ether oxygens (including phenoxy) is 1. The molecule has 1 aromatic heterocycles. The number of nitrogens with one attached hydrogen (secondary N) is 1. The molecule has 3 nitrogen and oxygen atoms in total. The Labute approximate surface area is 128 Å². The first-order valence-corrected chi connectivity index (χ1v) is 7.33. The van der Waals surface area contributed by atoms with Crippen molar-refractivity contribution in [3.05, 3.63) is 58.6 Å². The van der Waals surface area contributed by atoms with Gasteiger partial charge in [0.2, 0.25) is 0 Å². The molecule has 1 aromatic carbocycles. The lowest BCUT2D eigenvalue weighted by molar-refractivity contribution is 0.301. The molecule has 1 aliphatic rings. The van der Waals surface area contributed by atoms with E-state index in [2.05, 4.69) is 10.3 Å². The number of rotatable bonds is 6. The van der Waals surface area contributed by atoms with Crippen LogP contribution in [0.5, 0.6) is 5.75 Å². The number of nitrogens with zero attached hydrogens (tertiary/aromatic N) is 1. The second-order valence-corrected chi connectivity index (χ2v) is 5.58. The Morgan fingerprint density at radius 2 is 2.14 bits per heavy atom. The fraction of sp³-hybridized carbons (Fsp3) is 0.312. The van der Waals surface area contributed by atoms with Crippen LogP contribution in [0.2, 0.25) is 5.02 Å². The van der Waals surface area contributed by atoms with Gasteiger partial charge < -0.3 is 10.1 Å². The van der Waals surface area contributed by atoms with Crippen molar-refractivity contribution < 1.29 is 9.13 Å². The molecule has 1 aliphatic carbocycles. The lowest BCUT2D eigenvalue weighted by Gasteiger charge is -2.07. The van der Waals surface area contributed by atoms with E-state index in [4.69, 9.17) is 16.3 Å². The average Bonchev–Trinajstić information content (AvgIpc) is 3.32. The third kappa shape index (κ3) is 4.16. The average molecular weight is 307 g/mol. The van der Waals surface area contributed by atoms with E-state index in [-0.39, 0.29) is 5.02 Å². The van der Waals surface area contributed by atoms with Gasteiger partial charge in [0.1, 0.15) is 18.2 Å². The molecule has 1 heterocycles. The lowest BCUT2D eigenvalue weighted by atomic mass is 10.2. The van der Waals surface area contributed by atoms with Crippen LogP contribution in [0.25, 0.3) is 0 Å². The van der Waals surface area contributed by atoms with Gasteiger partial charge in [-0.2, -0.15) is 0 Å². The van der Waals surface area contributed by atoms with Crippen molar-refractivity contribution in [2.24, 2.45) is 0 Å².